The topological polar surface area (TPSA) is 71.1 Å². The van der Waals surface area contributed by atoms with Gasteiger partial charge in [0.15, 0.2) is 11.6 Å². The molecule has 0 N–H and O–H groups in total. The van der Waals surface area contributed by atoms with Crippen molar-refractivity contribution in [3.8, 4) is 22.6 Å². The highest BCUT2D eigenvalue weighted by Crippen LogP contribution is 2.29. The van der Waals surface area contributed by atoms with Crippen molar-refractivity contribution in [3.63, 3.8) is 0 Å². The fourth-order valence-corrected chi connectivity index (χ4v) is 1.98. The van der Waals surface area contributed by atoms with Gasteiger partial charge >= 0.3 is 5.97 Å². The van der Waals surface area contributed by atoms with E-state index in [1.807, 2.05) is 0 Å². The molecule has 0 aromatic heterocycles. The molecular formula is C20H14F2O6. The molecule has 2 aromatic carbocycles. The van der Waals surface area contributed by atoms with Crippen LogP contribution in [0, 0.1) is 11.6 Å². The van der Waals surface area contributed by atoms with E-state index in [0.717, 1.165) is 43.3 Å². The molecule has 0 saturated heterocycles. The Morgan fingerprint density at radius 3 is 2.39 bits per heavy atom. The quantitative estimate of drug-likeness (QED) is 0.277. The summed E-state index contributed by atoms with van der Waals surface area (Å²) < 4.78 is 47.3. The number of halogens is 2. The zero-order valence-electron chi connectivity index (χ0n) is 14.3. The molecule has 2 rings (SSSR count). The lowest BCUT2D eigenvalue weighted by atomic mass is 10.0. The molecule has 0 aliphatic heterocycles. The van der Waals surface area contributed by atoms with E-state index in [2.05, 4.69) is 16.1 Å². The Bertz CT molecular complexity index is 921. The van der Waals surface area contributed by atoms with E-state index in [0.29, 0.717) is 0 Å². The second-order valence-corrected chi connectivity index (χ2v) is 4.94. The van der Waals surface area contributed by atoms with Gasteiger partial charge in [-0.05, 0) is 29.8 Å². The second kappa shape index (κ2) is 10.3. The van der Waals surface area contributed by atoms with Crippen LogP contribution in [0.1, 0.15) is 0 Å². The van der Waals surface area contributed by atoms with Crippen molar-refractivity contribution in [2.75, 3.05) is 0 Å². The van der Waals surface area contributed by atoms with E-state index in [1.54, 1.807) is 0 Å². The normalized spacial score (nSPS) is 10.6. The van der Waals surface area contributed by atoms with E-state index in [-0.39, 0.29) is 29.1 Å². The van der Waals surface area contributed by atoms with Crippen LogP contribution in [0.25, 0.3) is 11.1 Å². The van der Waals surface area contributed by atoms with E-state index < -0.39 is 17.6 Å². The maximum Gasteiger partial charge on any atom is 0.335 e. The molecule has 0 radical (unpaired) electrons. The second-order valence-electron chi connectivity index (χ2n) is 4.94. The minimum atomic E-state index is -0.736. The lowest BCUT2D eigenvalue weighted by molar-refractivity contribution is -0.132. The van der Waals surface area contributed by atoms with Gasteiger partial charge < -0.3 is 18.9 Å². The Kier molecular flexibility index (Phi) is 7.47. The number of rotatable bonds is 9. The van der Waals surface area contributed by atoms with Gasteiger partial charge in [0, 0.05) is 17.7 Å². The third-order valence-corrected chi connectivity index (χ3v) is 3.18. The molecule has 0 saturated carbocycles. The fourth-order valence-electron chi connectivity index (χ4n) is 1.98. The van der Waals surface area contributed by atoms with Gasteiger partial charge in [-0.15, -0.1) is 0 Å². The number of carbonyl (C=O) groups excluding carboxylic acids is 2. The molecule has 28 heavy (non-hydrogen) atoms. The summed E-state index contributed by atoms with van der Waals surface area (Å²) in [6.07, 6.45) is 4.94. The molecule has 0 aliphatic carbocycles. The van der Waals surface area contributed by atoms with Gasteiger partial charge in [-0.1, -0.05) is 12.6 Å². The zero-order chi connectivity index (χ0) is 20.4. The van der Waals surface area contributed by atoms with Crippen molar-refractivity contribution in [1.29, 1.82) is 0 Å². The van der Waals surface area contributed by atoms with E-state index >= 15 is 0 Å². The molecule has 0 spiro atoms. The first kappa shape index (κ1) is 20.4. The van der Waals surface area contributed by atoms with Crippen molar-refractivity contribution >= 4 is 12.4 Å². The zero-order valence-corrected chi connectivity index (χ0v) is 14.3. The Morgan fingerprint density at radius 2 is 1.71 bits per heavy atom. The minimum Gasteiger partial charge on any atom is -0.462 e. The number of benzene rings is 2. The monoisotopic (exact) mass is 388 g/mol. The highest BCUT2D eigenvalue weighted by Gasteiger charge is 2.10. The summed E-state index contributed by atoms with van der Waals surface area (Å²) in [5.74, 6) is -2.04. The first-order valence-electron chi connectivity index (χ1n) is 7.70. The van der Waals surface area contributed by atoms with Crippen LogP contribution in [0.2, 0.25) is 0 Å². The van der Waals surface area contributed by atoms with Crippen LogP contribution in [-0.2, 0) is 19.1 Å². The summed E-state index contributed by atoms with van der Waals surface area (Å²) in [6.45, 7) is 3.41. The minimum absolute atomic E-state index is 0.130. The van der Waals surface area contributed by atoms with Gasteiger partial charge in [0.1, 0.15) is 36.6 Å². The Hall–Kier alpha value is -3.94. The third kappa shape index (κ3) is 5.80. The van der Waals surface area contributed by atoms with Crippen molar-refractivity contribution in [3.05, 3.63) is 85.7 Å². The number of esters is 1. The van der Waals surface area contributed by atoms with Crippen molar-refractivity contribution in [2.24, 2.45) is 0 Å². The molecule has 144 valence electrons. The molecule has 0 amide bonds. The van der Waals surface area contributed by atoms with Gasteiger partial charge in [0.25, 0.3) is 6.47 Å². The fraction of sp³-hybridized carbons (Fsp3) is 0. The molecule has 2 aromatic rings. The van der Waals surface area contributed by atoms with Crippen molar-refractivity contribution in [2.45, 2.75) is 0 Å². The van der Waals surface area contributed by atoms with E-state index in [1.165, 1.54) is 24.3 Å². The highest BCUT2D eigenvalue weighted by molar-refractivity contribution is 5.81. The maximum atomic E-state index is 14.3. The average molecular weight is 388 g/mol. The molecule has 8 heteroatoms. The molecular weight excluding hydrogens is 374 g/mol. The summed E-state index contributed by atoms with van der Waals surface area (Å²) in [5, 5.41) is 0. The van der Waals surface area contributed by atoms with Crippen LogP contribution >= 0.6 is 0 Å². The Balaban J connectivity index is 2.09. The van der Waals surface area contributed by atoms with E-state index in [9.17, 15) is 18.4 Å². The van der Waals surface area contributed by atoms with Crippen molar-refractivity contribution < 1.29 is 37.3 Å². The Labute approximate surface area is 158 Å². The van der Waals surface area contributed by atoms with Crippen LogP contribution in [-0.4, -0.2) is 12.4 Å². The number of hydrogen-bond acceptors (Lipinski definition) is 6. The molecule has 0 fully saturated rings. The van der Waals surface area contributed by atoms with Crippen LogP contribution in [0.4, 0.5) is 8.78 Å². The summed E-state index contributed by atoms with van der Waals surface area (Å²) >= 11 is 0. The third-order valence-electron chi connectivity index (χ3n) is 3.18. The highest BCUT2D eigenvalue weighted by atomic mass is 19.1. The molecule has 0 heterocycles. The first-order valence-corrected chi connectivity index (χ1v) is 7.70. The Morgan fingerprint density at radius 1 is 0.929 bits per heavy atom. The molecule has 0 aliphatic rings. The summed E-state index contributed by atoms with van der Waals surface area (Å²) in [7, 11) is 0. The lowest BCUT2D eigenvalue weighted by Crippen LogP contribution is -1.94. The standard InChI is InChI=1S/C20H14F2O6/c1-2-20(24)28-10-9-26-15-4-5-16(17(21)12-15)14-3-6-19(18(22)11-14)27-8-7-25-13-23/h2-13H,1H2/b8-7-,10-9-. The van der Waals surface area contributed by atoms with Crippen molar-refractivity contribution in [1.82, 2.24) is 0 Å². The van der Waals surface area contributed by atoms with Crippen LogP contribution < -0.4 is 9.47 Å². The van der Waals surface area contributed by atoms with Gasteiger partial charge in [0.2, 0.25) is 0 Å². The van der Waals surface area contributed by atoms with Gasteiger partial charge in [0.05, 0.1) is 0 Å². The van der Waals surface area contributed by atoms with E-state index in [4.69, 9.17) is 9.47 Å². The van der Waals surface area contributed by atoms with Gasteiger partial charge in [-0.25, -0.2) is 13.6 Å². The predicted octanol–water partition coefficient (Wildman–Crippen LogP) is 4.23. The lowest BCUT2D eigenvalue weighted by Gasteiger charge is -2.08. The number of hydrogen-bond donors (Lipinski definition) is 0. The smallest absolute Gasteiger partial charge is 0.335 e. The van der Waals surface area contributed by atoms with Crippen LogP contribution in [0.5, 0.6) is 11.5 Å². The first-order chi connectivity index (χ1) is 13.5. The largest absolute Gasteiger partial charge is 0.462 e. The maximum absolute atomic E-state index is 14.3. The SMILES string of the molecule is C=CC(=O)O/C=C\Oc1ccc(-c2ccc(O/C=C\OC=O)c(F)c2)c(F)c1. The van der Waals surface area contributed by atoms with Crippen LogP contribution in [0.15, 0.2) is 74.1 Å². The van der Waals surface area contributed by atoms with Gasteiger partial charge in [-0.3, -0.25) is 4.79 Å². The van der Waals surface area contributed by atoms with Gasteiger partial charge in [-0.2, -0.15) is 0 Å². The van der Waals surface area contributed by atoms with Crippen LogP contribution in [0.3, 0.4) is 0 Å². The average Bonchev–Trinajstić information content (AvgIpc) is 2.69. The number of ether oxygens (including phenoxy) is 4. The summed E-state index contributed by atoms with van der Waals surface area (Å²) in [4.78, 5) is 20.8. The molecule has 0 atom stereocenters. The summed E-state index contributed by atoms with van der Waals surface area (Å²) in [5.41, 5.74) is 0.414. The molecule has 0 unspecified atom stereocenters. The molecule has 0 bridgehead atoms. The summed E-state index contributed by atoms with van der Waals surface area (Å²) in [6, 6.07) is 7.81. The number of carbonyl (C=O) groups is 2. The molecule has 6 nitrogen and oxygen atoms in total. The predicted molar refractivity (Wildman–Crippen MR) is 94.8 cm³/mol.